The maximum Gasteiger partial charge on any atom is 0.151 e. The van der Waals surface area contributed by atoms with Crippen molar-refractivity contribution in [1.29, 1.82) is 0 Å². The molecule has 0 bridgehead atoms. The van der Waals surface area contributed by atoms with Crippen LogP contribution < -0.4 is 5.32 Å². The fraction of sp³-hybridized carbons (Fsp3) is 0.750. The predicted octanol–water partition coefficient (Wildman–Crippen LogP) is 1.30. The maximum absolute atomic E-state index is 11.5. The van der Waals surface area contributed by atoms with Gasteiger partial charge in [-0.3, -0.25) is 4.68 Å². The molecule has 5 nitrogen and oxygen atoms in total. The first kappa shape index (κ1) is 15.2. The van der Waals surface area contributed by atoms with Crippen LogP contribution in [0.15, 0.2) is 6.20 Å². The molecule has 1 aromatic rings. The quantitative estimate of drug-likeness (QED) is 0.813. The highest BCUT2D eigenvalue weighted by molar-refractivity contribution is 7.91. The number of aryl methyl sites for hydroxylation is 1. The van der Waals surface area contributed by atoms with E-state index in [0.29, 0.717) is 6.54 Å². The normalized spacial score (nSPS) is 13.8. The Morgan fingerprint density at radius 1 is 1.44 bits per heavy atom. The molecule has 1 heterocycles. The smallest absolute Gasteiger partial charge is 0.151 e. The second-order valence-corrected chi connectivity index (χ2v) is 6.90. The largest absolute Gasteiger partial charge is 0.310 e. The molecule has 18 heavy (non-hydrogen) atoms. The van der Waals surface area contributed by atoms with Gasteiger partial charge in [0.2, 0.25) is 0 Å². The summed E-state index contributed by atoms with van der Waals surface area (Å²) in [6.07, 6.45) is 1.82. The standard InChI is InChI=1S/C12H23N3O2S/c1-5-13-10(3)12-9-14-15(11(12)4)7-8-18(16,17)6-2/h9-10,13H,5-8H2,1-4H3. The average molecular weight is 273 g/mol. The van der Waals surface area contributed by atoms with Crippen molar-refractivity contribution < 1.29 is 8.42 Å². The summed E-state index contributed by atoms with van der Waals surface area (Å²) < 4.78 is 24.7. The molecule has 0 aromatic carbocycles. The molecule has 0 spiro atoms. The third-order valence-corrected chi connectivity index (χ3v) is 4.86. The van der Waals surface area contributed by atoms with E-state index in [1.165, 1.54) is 0 Å². The maximum atomic E-state index is 11.5. The Labute approximate surface area is 109 Å². The van der Waals surface area contributed by atoms with Crippen LogP contribution in [-0.2, 0) is 16.4 Å². The number of aromatic nitrogens is 2. The lowest BCUT2D eigenvalue weighted by molar-refractivity contribution is 0.573. The Morgan fingerprint density at radius 3 is 2.67 bits per heavy atom. The minimum atomic E-state index is -2.93. The summed E-state index contributed by atoms with van der Waals surface area (Å²) in [5.41, 5.74) is 2.17. The van der Waals surface area contributed by atoms with E-state index >= 15 is 0 Å². The summed E-state index contributed by atoms with van der Waals surface area (Å²) in [5.74, 6) is 0.342. The van der Waals surface area contributed by atoms with Gasteiger partial charge < -0.3 is 5.32 Å². The second-order valence-electron chi connectivity index (χ2n) is 4.42. The van der Waals surface area contributed by atoms with Gasteiger partial charge in [-0.1, -0.05) is 13.8 Å². The summed E-state index contributed by atoms with van der Waals surface area (Å²) in [7, 11) is -2.93. The van der Waals surface area contributed by atoms with Crippen LogP contribution in [-0.4, -0.2) is 36.2 Å². The molecule has 1 aromatic heterocycles. The molecule has 0 aliphatic carbocycles. The molecule has 0 amide bonds. The van der Waals surface area contributed by atoms with Gasteiger partial charge in [0.15, 0.2) is 9.84 Å². The lowest BCUT2D eigenvalue weighted by Gasteiger charge is -2.12. The highest BCUT2D eigenvalue weighted by atomic mass is 32.2. The number of hydrogen-bond donors (Lipinski definition) is 1. The van der Waals surface area contributed by atoms with Crippen molar-refractivity contribution in [1.82, 2.24) is 15.1 Å². The van der Waals surface area contributed by atoms with Crippen LogP contribution in [0.2, 0.25) is 0 Å². The van der Waals surface area contributed by atoms with Crippen LogP contribution in [0.25, 0.3) is 0 Å². The molecule has 1 rings (SSSR count). The van der Waals surface area contributed by atoms with Crippen LogP contribution in [0.5, 0.6) is 0 Å². The summed E-state index contributed by atoms with van der Waals surface area (Å²) >= 11 is 0. The zero-order valence-electron chi connectivity index (χ0n) is 11.6. The van der Waals surface area contributed by atoms with Crippen molar-refractivity contribution in [3.8, 4) is 0 Å². The number of nitrogens with one attached hydrogen (secondary N) is 1. The Hall–Kier alpha value is -0.880. The van der Waals surface area contributed by atoms with Crippen molar-refractivity contribution >= 4 is 9.84 Å². The van der Waals surface area contributed by atoms with Crippen molar-refractivity contribution in [2.24, 2.45) is 0 Å². The Kier molecular flexibility index (Phi) is 5.34. The van der Waals surface area contributed by atoms with E-state index in [1.807, 2.05) is 13.1 Å². The molecular formula is C12H23N3O2S. The summed E-state index contributed by atoms with van der Waals surface area (Å²) in [4.78, 5) is 0. The molecule has 1 atom stereocenters. The predicted molar refractivity (Wildman–Crippen MR) is 73.4 cm³/mol. The van der Waals surface area contributed by atoms with E-state index in [4.69, 9.17) is 0 Å². The Bertz CT molecular complexity index is 480. The molecule has 0 aliphatic rings. The number of hydrogen-bond acceptors (Lipinski definition) is 4. The van der Waals surface area contributed by atoms with E-state index in [-0.39, 0.29) is 17.5 Å². The highest BCUT2D eigenvalue weighted by Crippen LogP contribution is 2.16. The molecule has 0 saturated heterocycles. The Balaban J connectivity index is 2.75. The third kappa shape index (κ3) is 3.81. The van der Waals surface area contributed by atoms with Crippen LogP contribution in [0, 0.1) is 6.92 Å². The van der Waals surface area contributed by atoms with Gasteiger partial charge in [0.25, 0.3) is 0 Å². The summed E-state index contributed by atoms with van der Waals surface area (Å²) in [5, 5.41) is 7.60. The minimum absolute atomic E-state index is 0.154. The zero-order chi connectivity index (χ0) is 13.8. The molecule has 0 radical (unpaired) electrons. The average Bonchev–Trinajstić information content (AvgIpc) is 2.69. The van der Waals surface area contributed by atoms with Gasteiger partial charge in [-0.25, -0.2) is 8.42 Å². The molecule has 1 unspecified atom stereocenters. The van der Waals surface area contributed by atoms with Crippen molar-refractivity contribution in [2.75, 3.05) is 18.1 Å². The highest BCUT2D eigenvalue weighted by Gasteiger charge is 2.14. The topological polar surface area (TPSA) is 64.0 Å². The van der Waals surface area contributed by atoms with E-state index < -0.39 is 9.84 Å². The van der Waals surface area contributed by atoms with Crippen molar-refractivity contribution in [3.63, 3.8) is 0 Å². The van der Waals surface area contributed by atoms with Gasteiger partial charge >= 0.3 is 0 Å². The van der Waals surface area contributed by atoms with Gasteiger partial charge in [-0.05, 0) is 20.4 Å². The molecule has 6 heteroatoms. The lowest BCUT2D eigenvalue weighted by Crippen LogP contribution is -2.19. The first-order valence-corrected chi connectivity index (χ1v) is 8.19. The summed E-state index contributed by atoms with van der Waals surface area (Å²) in [6.45, 7) is 9.13. The van der Waals surface area contributed by atoms with Crippen LogP contribution in [0.1, 0.15) is 38.1 Å². The monoisotopic (exact) mass is 273 g/mol. The third-order valence-electron chi connectivity index (χ3n) is 3.17. The molecule has 1 N–H and O–H groups in total. The Morgan fingerprint density at radius 2 is 2.11 bits per heavy atom. The van der Waals surface area contributed by atoms with E-state index in [9.17, 15) is 8.42 Å². The zero-order valence-corrected chi connectivity index (χ0v) is 12.4. The molecular weight excluding hydrogens is 250 g/mol. The van der Waals surface area contributed by atoms with Gasteiger partial charge in [-0.2, -0.15) is 5.10 Å². The van der Waals surface area contributed by atoms with Crippen molar-refractivity contribution in [2.45, 2.75) is 40.3 Å². The second kappa shape index (κ2) is 6.33. The fourth-order valence-corrected chi connectivity index (χ4v) is 2.64. The molecule has 104 valence electrons. The first-order chi connectivity index (χ1) is 8.41. The molecule has 0 fully saturated rings. The van der Waals surface area contributed by atoms with E-state index in [1.54, 1.807) is 11.6 Å². The number of nitrogens with zero attached hydrogens (tertiary/aromatic N) is 2. The number of rotatable bonds is 7. The fourth-order valence-electron chi connectivity index (χ4n) is 1.90. The van der Waals surface area contributed by atoms with Crippen LogP contribution in [0.3, 0.4) is 0 Å². The van der Waals surface area contributed by atoms with Gasteiger partial charge in [0.05, 0.1) is 18.5 Å². The molecule has 0 aliphatic heterocycles. The minimum Gasteiger partial charge on any atom is -0.310 e. The van der Waals surface area contributed by atoms with Gasteiger partial charge in [-0.15, -0.1) is 0 Å². The first-order valence-electron chi connectivity index (χ1n) is 6.37. The number of sulfone groups is 1. The van der Waals surface area contributed by atoms with Crippen molar-refractivity contribution in [3.05, 3.63) is 17.5 Å². The van der Waals surface area contributed by atoms with Gasteiger partial charge in [0.1, 0.15) is 0 Å². The van der Waals surface area contributed by atoms with Crippen LogP contribution in [0.4, 0.5) is 0 Å². The lowest BCUT2D eigenvalue weighted by atomic mass is 10.1. The SMILES string of the molecule is CCNC(C)c1cnn(CCS(=O)(=O)CC)c1C. The van der Waals surface area contributed by atoms with E-state index in [2.05, 4.69) is 24.3 Å². The van der Waals surface area contributed by atoms with Gasteiger partial charge in [0, 0.05) is 23.1 Å². The summed E-state index contributed by atoms with van der Waals surface area (Å²) in [6, 6.07) is 0.242. The molecule has 0 saturated carbocycles. The van der Waals surface area contributed by atoms with E-state index in [0.717, 1.165) is 17.8 Å². The van der Waals surface area contributed by atoms with Crippen LogP contribution >= 0.6 is 0 Å².